The first-order chi connectivity index (χ1) is 26.4. The highest BCUT2D eigenvalue weighted by Crippen LogP contribution is 2.43. The third-order valence-electron chi connectivity index (χ3n) is 10.5. The maximum Gasteiger partial charge on any atom is 0.472 e. The van der Waals surface area contributed by atoms with E-state index in [0.29, 0.717) is 13.0 Å². The highest BCUT2D eigenvalue weighted by Gasteiger charge is 2.25. The minimum atomic E-state index is -4.27. The van der Waals surface area contributed by atoms with Gasteiger partial charge < -0.3 is 20.1 Å². The third-order valence-corrected chi connectivity index (χ3v) is 11.5. The summed E-state index contributed by atoms with van der Waals surface area (Å²) in [4.78, 5) is 22.5. The Morgan fingerprint density at radius 1 is 0.481 bits per heavy atom. The molecule has 2 unspecified atom stereocenters. The predicted octanol–water partition coefficient (Wildman–Crippen LogP) is 14.1. The molecule has 9 heteroatoms. The average molecular weight is 790 g/mol. The molecule has 0 aromatic carbocycles. The summed E-state index contributed by atoms with van der Waals surface area (Å²) >= 11 is 0. The number of esters is 1. The fraction of sp³-hybridized carbons (Fsp3) is 0.978. The molecule has 324 valence electrons. The number of nitrogens with two attached hydrogens (primary N) is 1. The van der Waals surface area contributed by atoms with Crippen LogP contribution in [0.5, 0.6) is 0 Å². The van der Waals surface area contributed by atoms with Gasteiger partial charge in [0, 0.05) is 19.6 Å². The van der Waals surface area contributed by atoms with E-state index in [1.165, 1.54) is 193 Å². The number of hydrogen-bond acceptors (Lipinski definition) is 7. The second kappa shape index (κ2) is 43.6. The van der Waals surface area contributed by atoms with Gasteiger partial charge in [-0.05, 0) is 12.8 Å². The van der Waals surface area contributed by atoms with Crippen molar-refractivity contribution in [3.8, 4) is 0 Å². The standard InChI is InChI=1S/C45H92NO7P/c1-3-5-7-9-11-13-15-17-18-19-20-21-22-23-24-25-26-27-28-30-32-34-36-38-45(47)53-44(43-52-54(48,49)51-41-39-46)42-50-40-37-35-33-31-29-16-14-12-10-8-6-4-2/h44H,3-43,46H2,1-2H3,(H,48,49). The van der Waals surface area contributed by atoms with Gasteiger partial charge in [-0.3, -0.25) is 13.8 Å². The molecule has 0 spiro atoms. The van der Waals surface area contributed by atoms with Gasteiger partial charge in [-0.2, -0.15) is 0 Å². The molecule has 3 N–H and O–H groups in total. The number of carbonyl (C=O) groups excluding carboxylic acids is 1. The molecular formula is C45H92NO7P. The summed E-state index contributed by atoms with van der Waals surface area (Å²) < 4.78 is 33.5. The van der Waals surface area contributed by atoms with Crippen molar-refractivity contribution in [2.75, 3.05) is 33.0 Å². The number of ether oxygens (including phenoxy) is 2. The van der Waals surface area contributed by atoms with Crippen molar-refractivity contribution < 1.29 is 32.8 Å². The maximum absolute atomic E-state index is 12.6. The Labute approximate surface area is 335 Å². The number of hydrogen-bond donors (Lipinski definition) is 2. The number of carbonyl (C=O) groups is 1. The molecular weight excluding hydrogens is 697 g/mol. The molecule has 2 atom stereocenters. The number of unbranched alkanes of at least 4 members (excludes halogenated alkanes) is 33. The van der Waals surface area contributed by atoms with Crippen LogP contribution in [0.2, 0.25) is 0 Å². The van der Waals surface area contributed by atoms with Gasteiger partial charge in [0.15, 0.2) is 0 Å². The number of rotatable bonds is 46. The second-order valence-electron chi connectivity index (χ2n) is 16.0. The van der Waals surface area contributed by atoms with Gasteiger partial charge in [-0.15, -0.1) is 0 Å². The zero-order valence-electron chi connectivity index (χ0n) is 36.0. The molecule has 0 aliphatic carbocycles. The van der Waals surface area contributed by atoms with E-state index in [2.05, 4.69) is 13.8 Å². The van der Waals surface area contributed by atoms with Gasteiger partial charge >= 0.3 is 13.8 Å². The summed E-state index contributed by atoms with van der Waals surface area (Å²) in [6, 6.07) is 0. The van der Waals surface area contributed by atoms with Crippen molar-refractivity contribution in [2.45, 2.75) is 251 Å². The highest BCUT2D eigenvalue weighted by molar-refractivity contribution is 7.47. The van der Waals surface area contributed by atoms with Gasteiger partial charge in [0.1, 0.15) is 6.10 Å². The Morgan fingerprint density at radius 2 is 0.815 bits per heavy atom. The van der Waals surface area contributed by atoms with E-state index >= 15 is 0 Å². The zero-order chi connectivity index (χ0) is 39.5. The second-order valence-corrected chi connectivity index (χ2v) is 17.4. The van der Waals surface area contributed by atoms with E-state index in [9.17, 15) is 14.3 Å². The van der Waals surface area contributed by atoms with E-state index in [1.54, 1.807) is 0 Å². The molecule has 0 rings (SSSR count). The van der Waals surface area contributed by atoms with Crippen molar-refractivity contribution in [3.63, 3.8) is 0 Å². The van der Waals surface area contributed by atoms with Crippen molar-refractivity contribution in [1.29, 1.82) is 0 Å². The molecule has 8 nitrogen and oxygen atoms in total. The van der Waals surface area contributed by atoms with Crippen LogP contribution in [0.15, 0.2) is 0 Å². The molecule has 0 aliphatic heterocycles. The summed E-state index contributed by atoms with van der Waals surface area (Å²) in [5.74, 6) is -0.322. The largest absolute Gasteiger partial charge is 0.472 e. The Hall–Kier alpha value is -0.500. The number of phosphoric ester groups is 1. The minimum Gasteiger partial charge on any atom is -0.457 e. The van der Waals surface area contributed by atoms with E-state index in [0.717, 1.165) is 32.1 Å². The quantitative estimate of drug-likeness (QED) is 0.0356. The lowest BCUT2D eigenvalue weighted by Gasteiger charge is -2.20. The lowest BCUT2D eigenvalue weighted by molar-refractivity contribution is -0.154. The Bertz CT molecular complexity index is 802. The van der Waals surface area contributed by atoms with E-state index in [1.807, 2.05) is 0 Å². The van der Waals surface area contributed by atoms with Crippen molar-refractivity contribution in [3.05, 3.63) is 0 Å². The summed E-state index contributed by atoms with van der Waals surface area (Å²) in [5.41, 5.74) is 5.37. The molecule has 0 heterocycles. The van der Waals surface area contributed by atoms with Crippen LogP contribution >= 0.6 is 7.82 Å². The molecule has 0 saturated heterocycles. The van der Waals surface area contributed by atoms with Gasteiger partial charge in [-0.25, -0.2) is 4.57 Å². The predicted molar refractivity (Wildman–Crippen MR) is 229 cm³/mol. The Kier molecular flexibility index (Phi) is 43.2. The van der Waals surface area contributed by atoms with E-state index in [-0.39, 0.29) is 32.3 Å². The van der Waals surface area contributed by atoms with Gasteiger partial charge in [-0.1, -0.05) is 226 Å². The first-order valence-corrected chi connectivity index (χ1v) is 25.0. The summed E-state index contributed by atoms with van der Waals surface area (Å²) in [7, 11) is -4.27. The van der Waals surface area contributed by atoms with Gasteiger partial charge in [0.25, 0.3) is 0 Å². The summed E-state index contributed by atoms with van der Waals surface area (Å²) in [5, 5.41) is 0. The Morgan fingerprint density at radius 3 is 1.17 bits per heavy atom. The Balaban J connectivity index is 3.86. The van der Waals surface area contributed by atoms with E-state index in [4.69, 9.17) is 24.3 Å². The fourth-order valence-corrected chi connectivity index (χ4v) is 7.82. The topological polar surface area (TPSA) is 117 Å². The summed E-state index contributed by atoms with van der Waals surface area (Å²) in [6.45, 7) is 4.99. The monoisotopic (exact) mass is 790 g/mol. The van der Waals surface area contributed by atoms with Crippen LogP contribution in [0.25, 0.3) is 0 Å². The number of phosphoric acid groups is 1. The van der Waals surface area contributed by atoms with Crippen LogP contribution in [0.4, 0.5) is 0 Å². The minimum absolute atomic E-state index is 0.0901. The van der Waals surface area contributed by atoms with Crippen LogP contribution < -0.4 is 5.73 Å². The molecule has 0 fully saturated rings. The molecule has 0 aliphatic rings. The first-order valence-electron chi connectivity index (χ1n) is 23.5. The zero-order valence-corrected chi connectivity index (χ0v) is 36.9. The molecule has 0 aromatic heterocycles. The smallest absolute Gasteiger partial charge is 0.457 e. The molecule has 0 aromatic rings. The van der Waals surface area contributed by atoms with Crippen LogP contribution in [0.3, 0.4) is 0 Å². The van der Waals surface area contributed by atoms with Crippen LogP contribution in [-0.4, -0.2) is 49.9 Å². The van der Waals surface area contributed by atoms with Gasteiger partial charge in [0.05, 0.1) is 19.8 Å². The lowest BCUT2D eigenvalue weighted by Crippen LogP contribution is -2.28. The van der Waals surface area contributed by atoms with Crippen LogP contribution in [0.1, 0.15) is 245 Å². The van der Waals surface area contributed by atoms with Crippen molar-refractivity contribution in [2.24, 2.45) is 5.73 Å². The van der Waals surface area contributed by atoms with Crippen LogP contribution in [-0.2, 0) is 27.9 Å². The maximum atomic E-state index is 12.6. The van der Waals surface area contributed by atoms with Crippen molar-refractivity contribution in [1.82, 2.24) is 0 Å². The SMILES string of the molecule is CCCCCCCCCCCCCCCCCCCCCCCCCC(=O)OC(COCCCCCCCCCCCCCC)COP(=O)(O)OCCN. The molecule has 0 bridgehead atoms. The highest BCUT2D eigenvalue weighted by atomic mass is 31.2. The average Bonchev–Trinajstić information content (AvgIpc) is 3.16. The molecule has 0 amide bonds. The fourth-order valence-electron chi connectivity index (χ4n) is 7.06. The molecule has 0 saturated carbocycles. The normalized spacial score (nSPS) is 13.3. The first kappa shape index (κ1) is 53.5. The van der Waals surface area contributed by atoms with Crippen molar-refractivity contribution >= 4 is 13.8 Å². The lowest BCUT2D eigenvalue weighted by atomic mass is 10.0. The van der Waals surface area contributed by atoms with E-state index < -0.39 is 13.9 Å². The molecule has 54 heavy (non-hydrogen) atoms. The molecule has 0 radical (unpaired) electrons. The van der Waals surface area contributed by atoms with Gasteiger partial charge in [0.2, 0.25) is 0 Å². The summed E-state index contributed by atoms with van der Waals surface area (Å²) in [6.07, 6.45) is 45.6. The van der Waals surface area contributed by atoms with Crippen LogP contribution in [0, 0.1) is 0 Å². The third kappa shape index (κ3) is 42.6.